The largest absolute Gasteiger partial charge is 0.478 e. The van der Waals surface area contributed by atoms with Crippen LogP contribution in [0.5, 0.6) is 0 Å². The van der Waals surface area contributed by atoms with Crippen molar-refractivity contribution in [1.29, 1.82) is 0 Å². The van der Waals surface area contributed by atoms with Crippen LogP contribution in [0, 0.1) is 5.82 Å². The van der Waals surface area contributed by atoms with E-state index in [9.17, 15) is 14.0 Å². The summed E-state index contributed by atoms with van der Waals surface area (Å²) in [4.78, 5) is 24.6. The van der Waals surface area contributed by atoms with Crippen molar-refractivity contribution in [2.75, 3.05) is 11.9 Å². The molecule has 0 aromatic heterocycles. The van der Waals surface area contributed by atoms with Crippen molar-refractivity contribution in [3.05, 3.63) is 29.6 Å². The Labute approximate surface area is 110 Å². The summed E-state index contributed by atoms with van der Waals surface area (Å²) in [7, 11) is 0. The molecule has 1 saturated carbocycles. The molecule has 5 nitrogen and oxygen atoms in total. The monoisotopic (exact) mass is 266 g/mol. The highest BCUT2D eigenvalue weighted by molar-refractivity contribution is 6.00. The molecule has 0 atom stereocenters. The number of nitrogens with one attached hydrogen (secondary N) is 1. The van der Waals surface area contributed by atoms with Gasteiger partial charge in [-0.1, -0.05) is 6.07 Å². The van der Waals surface area contributed by atoms with Gasteiger partial charge in [0, 0.05) is 12.6 Å². The van der Waals surface area contributed by atoms with Crippen molar-refractivity contribution < 1.29 is 19.1 Å². The minimum Gasteiger partial charge on any atom is -0.478 e. The van der Waals surface area contributed by atoms with E-state index in [2.05, 4.69) is 5.32 Å². The molecule has 1 aliphatic carbocycles. The second-order valence-electron chi connectivity index (χ2n) is 4.41. The van der Waals surface area contributed by atoms with Crippen LogP contribution in [0.1, 0.15) is 30.1 Å². The zero-order chi connectivity index (χ0) is 14.0. The van der Waals surface area contributed by atoms with Crippen LogP contribution >= 0.6 is 0 Å². The third-order valence-corrected chi connectivity index (χ3v) is 3.06. The number of rotatable bonds is 4. The predicted molar refractivity (Wildman–Crippen MR) is 67.8 cm³/mol. The minimum absolute atomic E-state index is 0.0170. The summed E-state index contributed by atoms with van der Waals surface area (Å²) in [5.74, 6) is -2.26. The molecule has 0 radical (unpaired) electrons. The second kappa shape index (κ2) is 5.26. The number of benzene rings is 1. The van der Waals surface area contributed by atoms with Gasteiger partial charge < -0.3 is 15.3 Å². The van der Waals surface area contributed by atoms with Crippen LogP contribution in [0.4, 0.5) is 14.9 Å². The van der Waals surface area contributed by atoms with E-state index in [-0.39, 0.29) is 11.7 Å². The molecule has 2 amide bonds. The first kappa shape index (κ1) is 13.3. The zero-order valence-corrected chi connectivity index (χ0v) is 10.5. The van der Waals surface area contributed by atoms with Crippen LogP contribution in [0.25, 0.3) is 0 Å². The van der Waals surface area contributed by atoms with Gasteiger partial charge in [0.1, 0.15) is 11.4 Å². The van der Waals surface area contributed by atoms with Gasteiger partial charge in [0.15, 0.2) is 0 Å². The van der Waals surface area contributed by atoms with E-state index in [1.165, 1.54) is 12.1 Å². The number of carboxylic acids is 1. The number of amides is 2. The van der Waals surface area contributed by atoms with Crippen LogP contribution in [-0.2, 0) is 0 Å². The van der Waals surface area contributed by atoms with E-state index in [1.54, 1.807) is 4.90 Å². The van der Waals surface area contributed by atoms with E-state index >= 15 is 0 Å². The summed E-state index contributed by atoms with van der Waals surface area (Å²) in [6.07, 6.45) is 1.91. The van der Waals surface area contributed by atoms with E-state index < -0.39 is 23.4 Å². The molecule has 2 rings (SSSR count). The number of hydrogen-bond donors (Lipinski definition) is 2. The number of anilines is 1. The Balaban J connectivity index is 2.21. The van der Waals surface area contributed by atoms with E-state index in [0.29, 0.717) is 6.54 Å². The molecule has 1 aliphatic rings. The lowest BCUT2D eigenvalue weighted by atomic mass is 10.1. The summed E-state index contributed by atoms with van der Waals surface area (Å²) in [6, 6.07) is 3.62. The lowest BCUT2D eigenvalue weighted by molar-refractivity contribution is 0.0693. The molecule has 0 saturated heterocycles. The van der Waals surface area contributed by atoms with Crippen LogP contribution in [0.2, 0.25) is 0 Å². The molecule has 19 heavy (non-hydrogen) atoms. The summed E-state index contributed by atoms with van der Waals surface area (Å²) in [6.45, 7) is 2.38. The molecule has 1 fully saturated rings. The first-order chi connectivity index (χ1) is 9.04. The Morgan fingerprint density at radius 1 is 1.47 bits per heavy atom. The first-order valence-corrected chi connectivity index (χ1v) is 6.14. The normalized spacial score (nSPS) is 14.0. The third-order valence-electron chi connectivity index (χ3n) is 3.06. The number of aromatic carboxylic acids is 1. The zero-order valence-electron chi connectivity index (χ0n) is 10.5. The van der Waals surface area contributed by atoms with Crippen molar-refractivity contribution in [2.24, 2.45) is 0 Å². The molecule has 0 heterocycles. The highest BCUT2D eigenvalue weighted by Crippen LogP contribution is 2.27. The summed E-state index contributed by atoms with van der Waals surface area (Å²) in [5, 5.41) is 11.4. The molecule has 102 valence electrons. The number of carboxylic acid groups (broad SMARTS) is 1. The maximum absolute atomic E-state index is 13.5. The van der Waals surface area contributed by atoms with Crippen molar-refractivity contribution in [3.8, 4) is 0 Å². The van der Waals surface area contributed by atoms with E-state index in [4.69, 9.17) is 5.11 Å². The standard InChI is InChI=1S/C13H15FN2O3/c1-2-16(8-6-7-8)13(19)15-10-5-3-4-9(14)11(10)12(17)18/h3-5,8H,2,6-7H2,1H3,(H,15,19)(H,17,18). The number of urea groups is 1. The number of nitrogens with zero attached hydrogens (tertiary/aromatic N) is 1. The van der Waals surface area contributed by atoms with E-state index in [0.717, 1.165) is 18.9 Å². The van der Waals surface area contributed by atoms with Gasteiger partial charge in [-0.05, 0) is 31.9 Å². The summed E-state index contributed by atoms with van der Waals surface area (Å²) >= 11 is 0. The van der Waals surface area contributed by atoms with E-state index in [1.807, 2.05) is 6.92 Å². The number of carbonyl (C=O) groups excluding carboxylic acids is 1. The van der Waals surface area contributed by atoms with Gasteiger partial charge in [0.2, 0.25) is 0 Å². The van der Waals surface area contributed by atoms with Crippen LogP contribution in [-0.4, -0.2) is 34.6 Å². The lowest BCUT2D eigenvalue weighted by Crippen LogP contribution is -2.36. The first-order valence-electron chi connectivity index (χ1n) is 6.14. The van der Waals surface area contributed by atoms with Crippen molar-refractivity contribution in [3.63, 3.8) is 0 Å². The Bertz CT molecular complexity index is 515. The van der Waals surface area contributed by atoms with Gasteiger partial charge in [0.25, 0.3) is 0 Å². The fourth-order valence-corrected chi connectivity index (χ4v) is 1.99. The van der Waals surface area contributed by atoms with Crippen LogP contribution in [0.15, 0.2) is 18.2 Å². The molecule has 1 aromatic carbocycles. The van der Waals surface area contributed by atoms with Crippen LogP contribution in [0.3, 0.4) is 0 Å². The van der Waals surface area contributed by atoms with Gasteiger partial charge in [-0.3, -0.25) is 0 Å². The van der Waals surface area contributed by atoms with Gasteiger partial charge >= 0.3 is 12.0 Å². The van der Waals surface area contributed by atoms with Crippen LogP contribution < -0.4 is 5.32 Å². The van der Waals surface area contributed by atoms with Crippen molar-refractivity contribution in [2.45, 2.75) is 25.8 Å². The molecular weight excluding hydrogens is 251 g/mol. The second-order valence-corrected chi connectivity index (χ2v) is 4.41. The Morgan fingerprint density at radius 2 is 2.16 bits per heavy atom. The molecule has 6 heteroatoms. The molecule has 2 N–H and O–H groups in total. The van der Waals surface area contributed by atoms with Crippen molar-refractivity contribution >= 4 is 17.7 Å². The fourth-order valence-electron chi connectivity index (χ4n) is 1.99. The number of hydrogen-bond acceptors (Lipinski definition) is 2. The van der Waals surface area contributed by atoms with Gasteiger partial charge in [-0.25, -0.2) is 14.0 Å². The van der Waals surface area contributed by atoms with Gasteiger partial charge in [0.05, 0.1) is 5.69 Å². The summed E-state index contributed by atoms with van der Waals surface area (Å²) in [5.41, 5.74) is -0.528. The Hall–Kier alpha value is -2.11. The third kappa shape index (κ3) is 2.83. The maximum Gasteiger partial charge on any atom is 0.340 e. The Morgan fingerprint density at radius 3 is 2.68 bits per heavy atom. The highest BCUT2D eigenvalue weighted by atomic mass is 19.1. The predicted octanol–water partition coefficient (Wildman–Crippen LogP) is 2.54. The highest BCUT2D eigenvalue weighted by Gasteiger charge is 2.32. The Kier molecular flexibility index (Phi) is 3.69. The number of halogens is 1. The quantitative estimate of drug-likeness (QED) is 0.879. The molecule has 1 aromatic rings. The molecular formula is C13H15FN2O3. The topological polar surface area (TPSA) is 69.6 Å². The number of carbonyl (C=O) groups is 2. The fraction of sp³-hybridized carbons (Fsp3) is 0.385. The summed E-state index contributed by atoms with van der Waals surface area (Å²) < 4.78 is 13.5. The van der Waals surface area contributed by atoms with Crippen molar-refractivity contribution in [1.82, 2.24) is 4.90 Å². The lowest BCUT2D eigenvalue weighted by Gasteiger charge is -2.21. The molecule has 0 aliphatic heterocycles. The average molecular weight is 266 g/mol. The molecule has 0 spiro atoms. The smallest absolute Gasteiger partial charge is 0.340 e. The minimum atomic E-state index is -1.40. The average Bonchev–Trinajstić information content (AvgIpc) is 3.14. The maximum atomic E-state index is 13.5. The molecule has 0 unspecified atom stereocenters. The SMILES string of the molecule is CCN(C(=O)Nc1cccc(F)c1C(=O)O)C1CC1. The van der Waals surface area contributed by atoms with Gasteiger partial charge in [-0.2, -0.15) is 0 Å². The molecule has 0 bridgehead atoms. The van der Waals surface area contributed by atoms with Gasteiger partial charge in [-0.15, -0.1) is 0 Å².